The lowest BCUT2D eigenvalue weighted by Gasteiger charge is -2.24. The van der Waals surface area contributed by atoms with E-state index in [9.17, 15) is 0 Å². The molecule has 0 saturated heterocycles. The minimum absolute atomic E-state index is 0.449. The molecule has 1 aliphatic carbocycles. The van der Waals surface area contributed by atoms with Crippen molar-refractivity contribution in [2.24, 2.45) is 5.41 Å². The Balaban J connectivity index is 2.06. The van der Waals surface area contributed by atoms with Crippen molar-refractivity contribution in [1.29, 1.82) is 0 Å². The van der Waals surface area contributed by atoms with Crippen molar-refractivity contribution in [3.8, 4) is 0 Å². The molecule has 3 nitrogen and oxygen atoms in total. The lowest BCUT2D eigenvalue weighted by atomic mass is 9.83. The van der Waals surface area contributed by atoms with E-state index in [1.54, 1.807) is 0 Å². The molecule has 1 aromatic rings. The van der Waals surface area contributed by atoms with Crippen LogP contribution in [-0.4, -0.2) is 22.4 Å². The normalized spacial score (nSPS) is 27.1. The number of hydrogen-bond donors (Lipinski definition) is 1. The predicted molar refractivity (Wildman–Crippen MR) is 80.4 cm³/mol. The highest BCUT2D eigenvalue weighted by Gasteiger charge is 2.35. The molecule has 0 amide bonds. The highest BCUT2D eigenvalue weighted by Crippen LogP contribution is 2.40. The van der Waals surface area contributed by atoms with E-state index in [1.807, 2.05) is 0 Å². The number of aryl methyl sites for hydroxylation is 2. The monoisotopic (exact) mass is 263 g/mol. The number of rotatable bonds is 6. The zero-order valence-corrected chi connectivity index (χ0v) is 13.0. The van der Waals surface area contributed by atoms with Crippen molar-refractivity contribution in [2.45, 2.75) is 72.4 Å². The molecule has 1 heterocycles. The first-order valence-corrected chi connectivity index (χ1v) is 7.89. The molecule has 1 saturated carbocycles. The summed E-state index contributed by atoms with van der Waals surface area (Å²) in [5, 5.41) is 8.28. The molecule has 0 bridgehead atoms. The van der Waals surface area contributed by atoms with E-state index in [4.69, 9.17) is 0 Å². The van der Waals surface area contributed by atoms with E-state index in [1.165, 1.54) is 37.1 Å². The molecule has 0 radical (unpaired) electrons. The minimum Gasteiger partial charge on any atom is -0.314 e. The summed E-state index contributed by atoms with van der Waals surface area (Å²) >= 11 is 0. The second-order valence-electron chi connectivity index (χ2n) is 6.28. The van der Waals surface area contributed by atoms with Gasteiger partial charge < -0.3 is 5.32 Å². The zero-order chi connectivity index (χ0) is 13.9. The van der Waals surface area contributed by atoms with Gasteiger partial charge in [0.05, 0.1) is 5.69 Å². The van der Waals surface area contributed by atoms with E-state index in [-0.39, 0.29) is 0 Å². The Hall–Kier alpha value is -0.830. The van der Waals surface area contributed by atoms with Crippen LogP contribution in [0.5, 0.6) is 0 Å². The summed E-state index contributed by atoms with van der Waals surface area (Å²) < 4.78 is 2.20. The Bertz CT molecular complexity index is 410. The first kappa shape index (κ1) is 14.6. The van der Waals surface area contributed by atoms with Crippen LogP contribution in [-0.2, 0) is 19.4 Å². The van der Waals surface area contributed by atoms with Crippen molar-refractivity contribution in [3.63, 3.8) is 0 Å². The summed E-state index contributed by atoms with van der Waals surface area (Å²) in [6.07, 6.45) is 6.18. The maximum absolute atomic E-state index is 4.68. The molecule has 3 heteroatoms. The van der Waals surface area contributed by atoms with Crippen molar-refractivity contribution >= 4 is 0 Å². The third-order valence-electron chi connectivity index (χ3n) is 4.51. The van der Waals surface area contributed by atoms with Gasteiger partial charge in [-0.05, 0) is 57.1 Å². The van der Waals surface area contributed by atoms with E-state index in [0.717, 1.165) is 25.6 Å². The van der Waals surface area contributed by atoms with Gasteiger partial charge in [-0.25, -0.2) is 0 Å². The molecular formula is C16H29N3. The zero-order valence-electron chi connectivity index (χ0n) is 13.0. The quantitative estimate of drug-likeness (QED) is 0.854. The minimum atomic E-state index is 0.449. The molecule has 0 aromatic carbocycles. The third-order valence-corrected chi connectivity index (χ3v) is 4.51. The van der Waals surface area contributed by atoms with Crippen molar-refractivity contribution in [1.82, 2.24) is 15.1 Å². The highest BCUT2D eigenvalue weighted by molar-refractivity contribution is 5.13. The molecule has 2 rings (SSSR count). The smallest absolute Gasteiger partial charge is 0.0624 e. The predicted octanol–water partition coefficient (Wildman–Crippen LogP) is 3.18. The maximum Gasteiger partial charge on any atom is 0.0624 e. The Morgan fingerprint density at radius 1 is 1.42 bits per heavy atom. The summed E-state index contributed by atoms with van der Waals surface area (Å²) in [5.74, 6) is 0. The topological polar surface area (TPSA) is 29.9 Å². The van der Waals surface area contributed by atoms with Gasteiger partial charge in [0.25, 0.3) is 0 Å². The van der Waals surface area contributed by atoms with Crippen molar-refractivity contribution < 1.29 is 0 Å². The molecule has 1 fully saturated rings. The molecule has 19 heavy (non-hydrogen) atoms. The molecule has 108 valence electrons. The summed E-state index contributed by atoms with van der Waals surface area (Å²) in [6, 6.07) is 3.04. The van der Waals surface area contributed by atoms with Gasteiger partial charge in [-0.2, -0.15) is 5.10 Å². The van der Waals surface area contributed by atoms with Crippen molar-refractivity contribution in [2.75, 3.05) is 6.54 Å². The molecule has 1 aromatic heterocycles. The summed E-state index contributed by atoms with van der Waals surface area (Å²) in [7, 11) is 0. The van der Waals surface area contributed by atoms with Crippen LogP contribution in [0.15, 0.2) is 6.07 Å². The van der Waals surface area contributed by atoms with Crippen LogP contribution >= 0.6 is 0 Å². The third kappa shape index (κ3) is 3.38. The van der Waals surface area contributed by atoms with Crippen LogP contribution in [0.1, 0.15) is 58.3 Å². The van der Waals surface area contributed by atoms with E-state index in [2.05, 4.69) is 48.9 Å². The fraction of sp³-hybridized carbons (Fsp3) is 0.812. The van der Waals surface area contributed by atoms with Crippen molar-refractivity contribution in [3.05, 3.63) is 17.5 Å². The van der Waals surface area contributed by atoms with E-state index < -0.39 is 0 Å². The Kier molecular flexibility index (Phi) is 4.67. The largest absolute Gasteiger partial charge is 0.314 e. The van der Waals surface area contributed by atoms with Gasteiger partial charge in [-0.15, -0.1) is 0 Å². The van der Waals surface area contributed by atoms with Gasteiger partial charge in [-0.3, -0.25) is 4.68 Å². The summed E-state index contributed by atoms with van der Waals surface area (Å²) in [4.78, 5) is 0. The molecule has 2 unspecified atom stereocenters. The number of nitrogens with zero attached hydrogens (tertiary/aromatic N) is 2. The molecule has 0 aliphatic heterocycles. The fourth-order valence-corrected chi connectivity index (χ4v) is 3.49. The molecule has 0 spiro atoms. The average molecular weight is 263 g/mol. The Labute approximate surface area is 117 Å². The number of aromatic nitrogens is 2. The van der Waals surface area contributed by atoms with Crippen LogP contribution in [0.25, 0.3) is 0 Å². The van der Waals surface area contributed by atoms with E-state index >= 15 is 0 Å². The first-order valence-electron chi connectivity index (χ1n) is 7.89. The summed E-state index contributed by atoms with van der Waals surface area (Å²) in [6.45, 7) is 11.1. The second-order valence-corrected chi connectivity index (χ2v) is 6.28. The molecular weight excluding hydrogens is 234 g/mol. The second kappa shape index (κ2) is 6.08. The first-order chi connectivity index (χ1) is 9.10. The Morgan fingerprint density at radius 3 is 2.84 bits per heavy atom. The van der Waals surface area contributed by atoms with Gasteiger partial charge in [0, 0.05) is 18.3 Å². The van der Waals surface area contributed by atoms with Gasteiger partial charge in [-0.1, -0.05) is 20.8 Å². The standard InChI is InChI=1S/C16H29N3/c1-5-13-10-15(19(7-3)18-13)12-16(4)9-8-14(11-16)17-6-2/h10,14,17H,5-9,11-12H2,1-4H3. The number of nitrogens with one attached hydrogen (secondary N) is 1. The Morgan fingerprint density at radius 2 is 2.21 bits per heavy atom. The van der Waals surface area contributed by atoms with Crippen LogP contribution in [0.4, 0.5) is 0 Å². The van der Waals surface area contributed by atoms with Gasteiger partial charge >= 0.3 is 0 Å². The SMILES string of the molecule is CCNC1CCC(C)(Cc2cc(CC)nn2CC)C1. The maximum atomic E-state index is 4.68. The highest BCUT2D eigenvalue weighted by atomic mass is 15.3. The van der Waals surface area contributed by atoms with Gasteiger partial charge in [0.15, 0.2) is 0 Å². The lowest BCUT2D eigenvalue weighted by Crippen LogP contribution is -2.28. The average Bonchev–Trinajstić information content (AvgIpc) is 2.94. The van der Waals surface area contributed by atoms with Crippen LogP contribution in [0, 0.1) is 5.41 Å². The molecule has 1 aliphatic rings. The fourth-order valence-electron chi connectivity index (χ4n) is 3.49. The molecule has 1 N–H and O–H groups in total. The lowest BCUT2D eigenvalue weighted by molar-refractivity contribution is 0.313. The van der Waals surface area contributed by atoms with Crippen LogP contribution in [0.3, 0.4) is 0 Å². The van der Waals surface area contributed by atoms with Crippen LogP contribution < -0.4 is 5.32 Å². The summed E-state index contributed by atoms with van der Waals surface area (Å²) in [5.41, 5.74) is 3.12. The number of hydrogen-bond acceptors (Lipinski definition) is 2. The van der Waals surface area contributed by atoms with Gasteiger partial charge in [0.1, 0.15) is 0 Å². The van der Waals surface area contributed by atoms with E-state index in [0.29, 0.717) is 5.41 Å². The molecule has 2 atom stereocenters. The van der Waals surface area contributed by atoms with Crippen LogP contribution in [0.2, 0.25) is 0 Å². The van der Waals surface area contributed by atoms with Gasteiger partial charge in [0.2, 0.25) is 0 Å².